The van der Waals surface area contributed by atoms with Crippen molar-refractivity contribution in [3.05, 3.63) is 0 Å². The zero-order valence-electron chi connectivity index (χ0n) is 25.7. The maximum absolute atomic E-state index is 12.2. The van der Waals surface area contributed by atoms with Crippen molar-refractivity contribution in [2.75, 3.05) is 19.0 Å². The molecule has 0 aromatic carbocycles. The van der Waals surface area contributed by atoms with Crippen LogP contribution >= 0.6 is 19.6 Å². The lowest BCUT2D eigenvalue weighted by molar-refractivity contribution is -0.161. The van der Waals surface area contributed by atoms with Gasteiger partial charge in [0, 0.05) is 25.5 Å². The topological polar surface area (TPSA) is 136 Å². The molecule has 0 bridgehead atoms. The Morgan fingerprint density at radius 1 is 0.659 bits per heavy atom. The molecule has 0 aliphatic heterocycles. The molecule has 0 amide bonds. The minimum atomic E-state index is -4.74. The normalized spacial score (nSPS) is 12.3. The maximum atomic E-state index is 12.2. The van der Waals surface area contributed by atoms with E-state index in [1.54, 1.807) is 6.92 Å². The Kier molecular flexibility index (Phi) is 27.2. The third-order valence-electron chi connectivity index (χ3n) is 6.72. The summed E-state index contributed by atoms with van der Waals surface area (Å²) in [4.78, 5) is 53.2. The third kappa shape index (κ3) is 31.8. The van der Waals surface area contributed by atoms with E-state index in [1.165, 1.54) is 76.0 Å². The molecule has 0 aromatic rings. The molecule has 41 heavy (non-hydrogen) atoms. The van der Waals surface area contributed by atoms with E-state index < -0.39 is 32.5 Å². The van der Waals surface area contributed by atoms with E-state index in [1.807, 2.05) is 0 Å². The maximum Gasteiger partial charge on any atom is 0.469 e. The van der Waals surface area contributed by atoms with E-state index in [2.05, 4.69) is 11.4 Å². The van der Waals surface area contributed by atoms with E-state index >= 15 is 0 Å². The van der Waals surface area contributed by atoms with Gasteiger partial charge < -0.3 is 19.3 Å². The van der Waals surface area contributed by atoms with Crippen LogP contribution in [0.3, 0.4) is 0 Å². The first-order chi connectivity index (χ1) is 19.6. The summed E-state index contributed by atoms with van der Waals surface area (Å²) in [5.74, 6) is 0.0172. The number of esters is 2. The number of rotatable bonds is 29. The van der Waals surface area contributed by atoms with E-state index in [0.29, 0.717) is 12.8 Å². The molecular formula is C30H57O9PS. The number of unbranched alkanes of at least 4 members (excludes halogenated alkanes) is 17. The van der Waals surface area contributed by atoms with Crippen LogP contribution in [0.1, 0.15) is 149 Å². The lowest BCUT2D eigenvalue weighted by Crippen LogP contribution is -2.29. The van der Waals surface area contributed by atoms with E-state index in [4.69, 9.17) is 19.3 Å². The molecule has 0 unspecified atom stereocenters. The first kappa shape index (κ1) is 40.1. The number of carbonyl (C=O) groups excluding carboxylic acids is 3. The smallest absolute Gasteiger partial charge is 0.462 e. The van der Waals surface area contributed by atoms with Crippen molar-refractivity contribution < 1.29 is 42.7 Å². The summed E-state index contributed by atoms with van der Waals surface area (Å²) in [7, 11) is -4.74. The number of thioether (sulfide) groups is 1. The molecule has 0 aliphatic carbocycles. The lowest BCUT2D eigenvalue weighted by atomic mass is 10.1. The predicted molar refractivity (Wildman–Crippen MR) is 165 cm³/mol. The van der Waals surface area contributed by atoms with Gasteiger partial charge in [-0.3, -0.25) is 18.9 Å². The highest BCUT2D eigenvalue weighted by Gasteiger charge is 2.22. The highest BCUT2D eigenvalue weighted by molar-refractivity contribution is 8.13. The molecule has 2 N–H and O–H groups in total. The Morgan fingerprint density at radius 2 is 1.10 bits per heavy atom. The number of carbonyl (C=O) groups is 3. The first-order valence-electron chi connectivity index (χ1n) is 15.8. The number of hydrogen-bond donors (Lipinski definition) is 2. The Bertz CT molecular complexity index is 714. The molecule has 0 fully saturated rings. The third-order valence-corrected chi connectivity index (χ3v) is 8.11. The van der Waals surface area contributed by atoms with Crippen molar-refractivity contribution in [3.8, 4) is 0 Å². The zero-order chi connectivity index (χ0) is 30.6. The monoisotopic (exact) mass is 624 g/mol. The van der Waals surface area contributed by atoms with E-state index in [9.17, 15) is 18.9 Å². The van der Waals surface area contributed by atoms with Crippen LogP contribution in [0.15, 0.2) is 0 Å². The Hall–Kier alpha value is -0.930. The summed E-state index contributed by atoms with van der Waals surface area (Å²) in [6.45, 7) is 2.96. The van der Waals surface area contributed by atoms with Crippen LogP contribution in [0.2, 0.25) is 0 Å². The van der Waals surface area contributed by atoms with E-state index in [-0.39, 0.29) is 24.6 Å². The van der Waals surface area contributed by atoms with Gasteiger partial charge in [0.15, 0.2) is 11.2 Å². The van der Waals surface area contributed by atoms with Gasteiger partial charge in [-0.1, -0.05) is 121 Å². The van der Waals surface area contributed by atoms with Gasteiger partial charge in [0.05, 0.1) is 6.61 Å². The van der Waals surface area contributed by atoms with E-state index in [0.717, 1.165) is 50.7 Å². The van der Waals surface area contributed by atoms with Crippen LogP contribution in [-0.4, -0.2) is 51.9 Å². The van der Waals surface area contributed by atoms with Crippen LogP contribution in [0, 0.1) is 0 Å². The number of phosphoric acid groups is 1. The van der Waals surface area contributed by atoms with Crippen LogP contribution in [0.4, 0.5) is 0 Å². The van der Waals surface area contributed by atoms with Crippen LogP contribution in [0.25, 0.3) is 0 Å². The van der Waals surface area contributed by atoms with Crippen LogP contribution in [0.5, 0.6) is 0 Å². The molecule has 0 rings (SSSR count). The summed E-state index contributed by atoms with van der Waals surface area (Å²) < 4.78 is 26.1. The fourth-order valence-electron chi connectivity index (χ4n) is 4.38. The Balaban J connectivity index is 3.94. The number of hydrogen-bond acceptors (Lipinski definition) is 8. The lowest BCUT2D eigenvalue weighted by Gasteiger charge is -2.18. The average molecular weight is 625 g/mol. The van der Waals surface area contributed by atoms with Gasteiger partial charge >= 0.3 is 19.8 Å². The fraction of sp³-hybridized carbons (Fsp3) is 0.900. The van der Waals surface area contributed by atoms with Gasteiger partial charge in [-0.15, -0.1) is 0 Å². The second kappa shape index (κ2) is 27.9. The second-order valence-corrected chi connectivity index (χ2v) is 13.3. The van der Waals surface area contributed by atoms with Crippen molar-refractivity contribution >= 4 is 36.6 Å². The summed E-state index contributed by atoms with van der Waals surface area (Å²) in [6.07, 6.45) is 20.4. The second-order valence-electron chi connectivity index (χ2n) is 10.8. The van der Waals surface area contributed by atoms with Gasteiger partial charge in [0.2, 0.25) is 0 Å². The van der Waals surface area contributed by atoms with Gasteiger partial charge in [-0.2, -0.15) is 0 Å². The quantitative estimate of drug-likeness (QED) is 0.0478. The fourth-order valence-corrected chi connectivity index (χ4v) is 5.38. The van der Waals surface area contributed by atoms with Crippen molar-refractivity contribution in [2.45, 2.75) is 155 Å². The van der Waals surface area contributed by atoms with Crippen LogP contribution < -0.4 is 0 Å². The molecule has 0 aliphatic rings. The molecule has 11 heteroatoms. The summed E-state index contributed by atoms with van der Waals surface area (Å²) in [5, 5.41) is 0.198. The molecule has 242 valence electrons. The van der Waals surface area contributed by atoms with Crippen molar-refractivity contribution in [1.29, 1.82) is 0 Å². The minimum Gasteiger partial charge on any atom is -0.462 e. The molecular weight excluding hydrogens is 567 g/mol. The highest BCUT2D eigenvalue weighted by Crippen LogP contribution is 2.36. The largest absolute Gasteiger partial charge is 0.469 e. The van der Waals surface area contributed by atoms with Crippen LogP contribution in [-0.2, 0) is 32.9 Å². The van der Waals surface area contributed by atoms with Gasteiger partial charge in [0.25, 0.3) is 0 Å². The molecule has 0 saturated carbocycles. The molecule has 9 nitrogen and oxygen atoms in total. The van der Waals surface area contributed by atoms with Crippen molar-refractivity contribution in [2.24, 2.45) is 0 Å². The molecule has 0 heterocycles. The zero-order valence-corrected chi connectivity index (χ0v) is 27.4. The highest BCUT2D eigenvalue weighted by atomic mass is 32.2. The summed E-state index contributed by atoms with van der Waals surface area (Å²) in [6, 6.07) is 0. The van der Waals surface area contributed by atoms with Crippen molar-refractivity contribution in [1.82, 2.24) is 0 Å². The van der Waals surface area contributed by atoms with Crippen molar-refractivity contribution in [3.63, 3.8) is 0 Å². The number of ether oxygens (including phenoxy) is 2. The summed E-state index contributed by atoms with van der Waals surface area (Å²) >= 11 is 1.41. The van der Waals surface area contributed by atoms with Gasteiger partial charge in [-0.05, 0) is 19.3 Å². The van der Waals surface area contributed by atoms with Gasteiger partial charge in [0.1, 0.15) is 6.61 Å². The molecule has 0 saturated heterocycles. The first-order valence-corrected chi connectivity index (χ1v) is 18.3. The summed E-state index contributed by atoms with van der Waals surface area (Å²) in [5.41, 5.74) is 0. The standard InChI is InChI=1S/C30H57O9PS/c1-3-4-5-6-7-13-17-20-23-30(33)39-28(26-38-40(34,35)36)25-37-29(32)22-19-16-14-11-9-8-10-12-15-18-21-24-41-27(2)31/h28H,3-26H2,1-2H3,(H2,34,35,36)/t28-/m0/s1. The number of phosphoric ester groups is 1. The molecule has 0 aromatic heterocycles. The minimum absolute atomic E-state index is 0.198. The Morgan fingerprint density at radius 3 is 1.56 bits per heavy atom. The molecule has 0 radical (unpaired) electrons. The molecule has 0 spiro atoms. The average Bonchev–Trinajstić information content (AvgIpc) is 2.91. The Labute approximate surface area is 252 Å². The van der Waals surface area contributed by atoms with Gasteiger partial charge in [-0.25, -0.2) is 4.57 Å². The molecule has 1 atom stereocenters. The SMILES string of the molecule is CCCCCCCCCCC(=O)O[C@@H](COC(=O)CCCCCCCCCCCCCSC(C)=O)COP(=O)(O)O. The predicted octanol–water partition coefficient (Wildman–Crippen LogP) is 8.04.